The van der Waals surface area contributed by atoms with Gasteiger partial charge in [-0.3, -0.25) is 0 Å². The normalized spacial score (nSPS) is 10.3. The van der Waals surface area contributed by atoms with Crippen LogP contribution in [0.1, 0.15) is 34.3 Å². The second kappa shape index (κ2) is 6.23. The molecule has 0 fully saturated rings. The minimum Gasteiger partial charge on any atom is -0.462 e. The molecule has 0 saturated heterocycles. The first-order valence-electron chi connectivity index (χ1n) is 6.54. The van der Waals surface area contributed by atoms with Crippen LogP contribution in [0.5, 0.6) is 0 Å². The van der Waals surface area contributed by atoms with Crippen LogP contribution in [0.4, 0.5) is 5.69 Å². The first-order chi connectivity index (χ1) is 9.61. The predicted molar refractivity (Wildman–Crippen MR) is 75.7 cm³/mol. The van der Waals surface area contributed by atoms with Gasteiger partial charge in [-0.05, 0) is 45.0 Å². The van der Waals surface area contributed by atoms with Crippen molar-refractivity contribution < 1.29 is 14.1 Å². The second-order valence-electron chi connectivity index (χ2n) is 4.45. The van der Waals surface area contributed by atoms with Crippen LogP contribution in [0.25, 0.3) is 0 Å². The van der Waals surface area contributed by atoms with Crippen LogP contribution in [-0.2, 0) is 11.3 Å². The van der Waals surface area contributed by atoms with E-state index in [-0.39, 0.29) is 5.97 Å². The average Bonchev–Trinajstić information content (AvgIpc) is 2.77. The number of aryl methyl sites for hydroxylation is 2. The van der Waals surface area contributed by atoms with Crippen LogP contribution in [-0.4, -0.2) is 17.7 Å². The summed E-state index contributed by atoms with van der Waals surface area (Å²) in [5, 5.41) is 7.18. The van der Waals surface area contributed by atoms with E-state index in [0.717, 1.165) is 22.7 Å². The number of carbonyl (C=O) groups is 1. The van der Waals surface area contributed by atoms with Crippen molar-refractivity contribution in [1.29, 1.82) is 0 Å². The fourth-order valence-electron chi connectivity index (χ4n) is 1.88. The Morgan fingerprint density at radius 3 is 2.55 bits per heavy atom. The summed E-state index contributed by atoms with van der Waals surface area (Å²) in [4.78, 5) is 11.5. The van der Waals surface area contributed by atoms with E-state index in [1.54, 1.807) is 19.1 Å². The highest BCUT2D eigenvalue weighted by Gasteiger charge is 2.09. The Bertz CT molecular complexity index is 568. The first kappa shape index (κ1) is 14.1. The van der Waals surface area contributed by atoms with E-state index >= 15 is 0 Å². The molecule has 1 aromatic heterocycles. The molecule has 0 unspecified atom stereocenters. The lowest BCUT2D eigenvalue weighted by atomic mass is 10.2. The summed E-state index contributed by atoms with van der Waals surface area (Å²) in [5.41, 5.74) is 3.42. The van der Waals surface area contributed by atoms with Gasteiger partial charge in [0.25, 0.3) is 0 Å². The molecule has 0 saturated carbocycles. The Hall–Kier alpha value is -2.30. The fraction of sp³-hybridized carbons (Fsp3) is 0.333. The standard InChI is InChI=1S/C15H18N2O3/c1-4-19-15(18)12-5-7-13(8-6-12)16-9-14-10(2)17-20-11(14)3/h5-8,16H,4,9H2,1-3H3. The SMILES string of the molecule is CCOC(=O)c1ccc(NCc2c(C)noc2C)cc1. The summed E-state index contributed by atoms with van der Waals surface area (Å²) in [6.07, 6.45) is 0. The first-order valence-corrected chi connectivity index (χ1v) is 6.54. The van der Waals surface area contributed by atoms with Crippen LogP contribution in [0, 0.1) is 13.8 Å². The third-order valence-corrected chi connectivity index (χ3v) is 3.05. The number of hydrogen-bond acceptors (Lipinski definition) is 5. The van der Waals surface area contributed by atoms with Crippen LogP contribution < -0.4 is 5.32 Å². The van der Waals surface area contributed by atoms with Crippen molar-refractivity contribution in [3.05, 3.63) is 46.8 Å². The lowest BCUT2D eigenvalue weighted by molar-refractivity contribution is 0.0526. The molecule has 0 amide bonds. The molecular formula is C15H18N2O3. The van der Waals surface area contributed by atoms with Crippen LogP contribution in [0.3, 0.4) is 0 Å². The van der Waals surface area contributed by atoms with Gasteiger partial charge in [-0.1, -0.05) is 5.16 Å². The highest BCUT2D eigenvalue weighted by atomic mass is 16.5. The second-order valence-corrected chi connectivity index (χ2v) is 4.45. The van der Waals surface area contributed by atoms with Crippen molar-refractivity contribution in [1.82, 2.24) is 5.16 Å². The molecular weight excluding hydrogens is 256 g/mol. The molecule has 1 heterocycles. The van der Waals surface area contributed by atoms with Gasteiger partial charge in [0.1, 0.15) is 5.76 Å². The highest BCUT2D eigenvalue weighted by Crippen LogP contribution is 2.16. The summed E-state index contributed by atoms with van der Waals surface area (Å²) in [6.45, 7) is 6.61. The van der Waals surface area contributed by atoms with Crippen LogP contribution >= 0.6 is 0 Å². The van der Waals surface area contributed by atoms with E-state index in [1.165, 1.54) is 0 Å². The topological polar surface area (TPSA) is 64.4 Å². The average molecular weight is 274 g/mol. The quantitative estimate of drug-likeness (QED) is 0.849. The van der Waals surface area contributed by atoms with Gasteiger partial charge < -0.3 is 14.6 Å². The monoisotopic (exact) mass is 274 g/mol. The number of benzene rings is 1. The number of anilines is 1. The van der Waals surface area contributed by atoms with Gasteiger partial charge in [-0.15, -0.1) is 0 Å². The number of carbonyl (C=O) groups excluding carboxylic acids is 1. The number of aromatic nitrogens is 1. The molecule has 20 heavy (non-hydrogen) atoms. The molecule has 106 valence electrons. The van der Waals surface area contributed by atoms with Crippen LogP contribution in [0.15, 0.2) is 28.8 Å². The number of nitrogens with zero attached hydrogens (tertiary/aromatic N) is 1. The molecule has 0 aliphatic carbocycles. The Morgan fingerprint density at radius 2 is 2.00 bits per heavy atom. The minimum absolute atomic E-state index is 0.301. The molecule has 1 N–H and O–H groups in total. The zero-order valence-electron chi connectivity index (χ0n) is 11.9. The van der Waals surface area contributed by atoms with Crippen molar-refractivity contribution in [2.45, 2.75) is 27.3 Å². The molecule has 0 bridgehead atoms. The third-order valence-electron chi connectivity index (χ3n) is 3.05. The smallest absolute Gasteiger partial charge is 0.338 e. The Labute approximate surface area is 117 Å². The molecule has 5 nitrogen and oxygen atoms in total. The largest absolute Gasteiger partial charge is 0.462 e. The third kappa shape index (κ3) is 3.17. The summed E-state index contributed by atoms with van der Waals surface area (Å²) in [7, 11) is 0. The number of esters is 1. The maximum Gasteiger partial charge on any atom is 0.338 e. The van der Waals surface area contributed by atoms with Crippen molar-refractivity contribution in [2.24, 2.45) is 0 Å². The number of hydrogen-bond donors (Lipinski definition) is 1. The maximum absolute atomic E-state index is 11.5. The molecule has 0 spiro atoms. The summed E-state index contributed by atoms with van der Waals surface area (Å²) in [5.74, 6) is 0.517. The molecule has 5 heteroatoms. The van der Waals surface area contributed by atoms with Gasteiger partial charge in [0.05, 0.1) is 17.9 Å². The molecule has 1 aromatic carbocycles. The molecule has 0 radical (unpaired) electrons. The van der Waals surface area contributed by atoms with Crippen molar-refractivity contribution in [3.8, 4) is 0 Å². The lowest BCUT2D eigenvalue weighted by Gasteiger charge is -2.07. The van der Waals surface area contributed by atoms with E-state index in [0.29, 0.717) is 18.7 Å². The number of ether oxygens (including phenoxy) is 1. The summed E-state index contributed by atoms with van der Waals surface area (Å²) < 4.78 is 10.0. The van der Waals surface area contributed by atoms with Gasteiger partial charge in [0, 0.05) is 17.8 Å². The van der Waals surface area contributed by atoms with Gasteiger partial charge in [-0.2, -0.15) is 0 Å². The van der Waals surface area contributed by atoms with E-state index in [1.807, 2.05) is 26.0 Å². The Morgan fingerprint density at radius 1 is 1.30 bits per heavy atom. The molecule has 2 rings (SSSR count). The Kier molecular flexibility index (Phi) is 4.40. The Balaban J connectivity index is 1.99. The van der Waals surface area contributed by atoms with Crippen molar-refractivity contribution in [2.75, 3.05) is 11.9 Å². The van der Waals surface area contributed by atoms with E-state index < -0.39 is 0 Å². The van der Waals surface area contributed by atoms with Crippen molar-refractivity contribution >= 4 is 11.7 Å². The minimum atomic E-state index is -0.301. The molecule has 0 aliphatic rings. The van der Waals surface area contributed by atoms with Crippen molar-refractivity contribution in [3.63, 3.8) is 0 Å². The lowest BCUT2D eigenvalue weighted by Crippen LogP contribution is -2.05. The zero-order valence-corrected chi connectivity index (χ0v) is 11.9. The predicted octanol–water partition coefficient (Wildman–Crippen LogP) is 3.08. The van der Waals surface area contributed by atoms with E-state index in [4.69, 9.17) is 9.26 Å². The summed E-state index contributed by atoms with van der Waals surface area (Å²) >= 11 is 0. The fourth-order valence-corrected chi connectivity index (χ4v) is 1.88. The van der Waals surface area contributed by atoms with E-state index in [9.17, 15) is 4.79 Å². The highest BCUT2D eigenvalue weighted by molar-refractivity contribution is 5.89. The number of nitrogens with one attached hydrogen (secondary N) is 1. The van der Waals surface area contributed by atoms with Gasteiger partial charge in [-0.25, -0.2) is 4.79 Å². The molecule has 0 aliphatic heterocycles. The summed E-state index contributed by atoms with van der Waals surface area (Å²) in [6, 6.07) is 7.19. The van der Waals surface area contributed by atoms with Gasteiger partial charge in [0.15, 0.2) is 0 Å². The molecule has 2 aromatic rings. The van der Waals surface area contributed by atoms with Gasteiger partial charge in [0.2, 0.25) is 0 Å². The van der Waals surface area contributed by atoms with Gasteiger partial charge >= 0.3 is 5.97 Å². The maximum atomic E-state index is 11.5. The van der Waals surface area contributed by atoms with E-state index in [2.05, 4.69) is 10.5 Å². The zero-order chi connectivity index (χ0) is 14.5. The number of rotatable bonds is 5. The van der Waals surface area contributed by atoms with Crippen LogP contribution in [0.2, 0.25) is 0 Å². The molecule has 0 atom stereocenters.